The number of amides is 2. The van der Waals surface area contributed by atoms with Gasteiger partial charge in [-0.2, -0.15) is 0 Å². The van der Waals surface area contributed by atoms with Gasteiger partial charge in [0.15, 0.2) is 0 Å². The summed E-state index contributed by atoms with van der Waals surface area (Å²) in [5.41, 5.74) is 1.36. The number of benzene rings is 1. The highest BCUT2D eigenvalue weighted by Gasteiger charge is 2.28. The Labute approximate surface area is 174 Å². The van der Waals surface area contributed by atoms with Crippen LogP contribution in [0.25, 0.3) is 0 Å². The Morgan fingerprint density at radius 1 is 1.31 bits per heavy atom. The van der Waals surface area contributed by atoms with Crippen LogP contribution in [-0.4, -0.2) is 41.7 Å². The second kappa shape index (κ2) is 10.6. The second-order valence-corrected chi connectivity index (χ2v) is 8.52. The van der Waals surface area contributed by atoms with E-state index in [-0.39, 0.29) is 18.4 Å². The molecule has 6 nitrogen and oxygen atoms in total. The van der Waals surface area contributed by atoms with E-state index in [0.29, 0.717) is 12.6 Å². The van der Waals surface area contributed by atoms with Crippen LogP contribution < -0.4 is 15.4 Å². The minimum Gasteiger partial charge on any atom is -0.490 e. The summed E-state index contributed by atoms with van der Waals surface area (Å²) in [6, 6.07) is 6.32. The van der Waals surface area contributed by atoms with Gasteiger partial charge in [-0.3, -0.25) is 9.59 Å². The second-order valence-electron chi connectivity index (χ2n) is 8.52. The van der Waals surface area contributed by atoms with Crippen LogP contribution in [0.4, 0.5) is 0 Å². The molecule has 0 bridgehead atoms. The third-order valence-corrected chi connectivity index (χ3v) is 5.63. The van der Waals surface area contributed by atoms with Crippen molar-refractivity contribution in [1.29, 1.82) is 0 Å². The number of hydrogen-bond donors (Lipinski definition) is 3. The summed E-state index contributed by atoms with van der Waals surface area (Å²) in [5, 5.41) is 15.3. The zero-order chi connectivity index (χ0) is 21.4. The summed E-state index contributed by atoms with van der Waals surface area (Å²) in [4.78, 5) is 23.9. The lowest BCUT2D eigenvalue weighted by molar-refractivity contribution is -0.133. The van der Waals surface area contributed by atoms with Crippen LogP contribution in [0, 0.1) is 5.92 Å². The highest BCUT2D eigenvalue weighted by Crippen LogP contribution is 2.33. The van der Waals surface area contributed by atoms with Gasteiger partial charge in [0.1, 0.15) is 5.75 Å². The minimum absolute atomic E-state index is 0.0816. The fourth-order valence-electron chi connectivity index (χ4n) is 3.46. The molecule has 1 aromatic carbocycles. The molecule has 6 heteroatoms. The highest BCUT2D eigenvalue weighted by molar-refractivity contribution is 5.86. The normalized spacial score (nSPS) is 17.1. The highest BCUT2D eigenvalue weighted by atomic mass is 16.5. The molecule has 162 valence electrons. The third kappa shape index (κ3) is 7.03. The first-order chi connectivity index (χ1) is 13.7. The predicted molar refractivity (Wildman–Crippen MR) is 114 cm³/mol. The third-order valence-electron chi connectivity index (χ3n) is 5.63. The Hall–Kier alpha value is -2.08. The number of aliphatic hydroxyl groups is 1. The average Bonchev–Trinajstić information content (AvgIpc) is 2.68. The van der Waals surface area contributed by atoms with E-state index in [0.717, 1.165) is 44.3 Å². The van der Waals surface area contributed by atoms with Gasteiger partial charge in [-0.05, 0) is 57.1 Å². The quantitative estimate of drug-likeness (QED) is 0.523. The Bertz CT molecular complexity index is 697. The van der Waals surface area contributed by atoms with Gasteiger partial charge < -0.3 is 20.5 Å². The fraction of sp³-hybridized carbons (Fsp3) is 0.652. The SMILES string of the molecule is CCCC1CCc2cccc(CCCNC(=O)CNC(=O)C(C)C(C)(C)O)c2O1. The molecular weight excluding hydrogens is 368 g/mol. The molecule has 2 amide bonds. The lowest BCUT2D eigenvalue weighted by Gasteiger charge is -2.28. The number of carbonyl (C=O) groups is 2. The van der Waals surface area contributed by atoms with Crippen molar-refractivity contribution in [3.63, 3.8) is 0 Å². The predicted octanol–water partition coefficient (Wildman–Crippen LogP) is 2.75. The van der Waals surface area contributed by atoms with Crippen LogP contribution in [0.3, 0.4) is 0 Å². The first-order valence-corrected chi connectivity index (χ1v) is 10.8. The molecule has 1 aromatic rings. The maximum Gasteiger partial charge on any atom is 0.239 e. The zero-order valence-electron chi connectivity index (χ0n) is 18.2. The molecule has 0 aliphatic carbocycles. The Kier molecular flexibility index (Phi) is 8.50. The van der Waals surface area contributed by atoms with E-state index in [4.69, 9.17) is 4.74 Å². The first kappa shape index (κ1) is 23.2. The summed E-state index contributed by atoms with van der Waals surface area (Å²) < 4.78 is 6.24. The first-order valence-electron chi connectivity index (χ1n) is 10.8. The van der Waals surface area contributed by atoms with Gasteiger partial charge in [-0.25, -0.2) is 0 Å². The Morgan fingerprint density at radius 2 is 2.07 bits per heavy atom. The summed E-state index contributed by atoms with van der Waals surface area (Å²) in [7, 11) is 0. The number of aryl methyl sites for hydroxylation is 2. The average molecular weight is 405 g/mol. The van der Waals surface area contributed by atoms with Crippen molar-refractivity contribution in [2.24, 2.45) is 5.92 Å². The molecule has 2 rings (SSSR count). The largest absolute Gasteiger partial charge is 0.490 e. The van der Waals surface area contributed by atoms with E-state index in [1.165, 1.54) is 11.1 Å². The molecule has 1 heterocycles. The molecule has 29 heavy (non-hydrogen) atoms. The maximum absolute atomic E-state index is 12.0. The van der Waals surface area contributed by atoms with E-state index in [1.807, 2.05) is 0 Å². The molecule has 2 atom stereocenters. The summed E-state index contributed by atoms with van der Waals surface area (Å²) in [5.74, 6) is -0.106. The molecule has 2 unspecified atom stereocenters. The van der Waals surface area contributed by atoms with Crippen molar-refractivity contribution in [2.45, 2.75) is 77.9 Å². The number of carbonyl (C=O) groups excluding carboxylic acids is 2. The van der Waals surface area contributed by atoms with E-state index >= 15 is 0 Å². The van der Waals surface area contributed by atoms with Crippen LogP contribution in [0.5, 0.6) is 5.75 Å². The maximum atomic E-state index is 12.0. The van der Waals surface area contributed by atoms with Crippen LogP contribution in [0.1, 0.15) is 64.5 Å². The van der Waals surface area contributed by atoms with Crippen molar-refractivity contribution in [3.05, 3.63) is 29.3 Å². The van der Waals surface area contributed by atoms with E-state index in [9.17, 15) is 14.7 Å². The van der Waals surface area contributed by atoms with Gasteiger partial charge in [-0.15, -0.1) is 0 Å². The van der Waals surface area contributed by atoms with Crippen molar-refractivity contribution in [1.82, 2.24) is 10.6 Å². The number of para-hydroxylation sites is 1. The molecule has 0 saturated carbocycles. The smallest absolute Gasteiger partial charge is 0.239 e. The Morgan fingerprint density at radius 3 is 2.76 bits per heavy atom. The number of rotatable bonds is 10. The number of hydrogen-bond acceptors (Lipinski definition) is 4. The standard InChI is InChI=1S/C23H36N2O4/c1-5-8-19-13-12-18-10-6-9-17(21(18)29-19)11-7-14-24-20(26)15-25-22(27)16(2)23(3,4)28/h6,9-10,16,19,28H,5,7-8,11-15H2,1-4H3,(H,24,26)(H,25,27). The summed E-state index contributed by atoms with van der Waals surface area (Å²) in [6.45, 7) is 7.43. The summed E-state index contributed by atoms with van der Waals surface area (Å²) >= 11 is 0. The van der Waals surface area contributed by atoms with Gasteiger partial charge >= 0.3 is 0 Å². The fourth-order valence-corrected chi connectivity index (χ4v) is 3.46. The molecule has 1 aliphatic heterocycles. The number of fused-ring (bicyclic) bond motifs is 1. The van der Waals surface area contributed by atoms with Crippen LogP contribution >= 0.6 is 0 Å². The van der Waals surface area contributed by atoms with Crippen molar-refractivity contribution in [3.8, 4) is 5.75 Å². The van der Waals surface area contributed by atoms with Gasteiger partial charge in [0.25, 0.3) is 0 Å². The molecule has 0 aromatic heterocycles. The molecule has 1 aliphatic rings. The minimum atomic E-state index is -1.12. The lowest BCUT2D eigenvalue weighted by Crippen LogP contribution is -2.45. The van der Waals surface area contributed by atoms with E-state index < -0.39 is 11.5 Å². The van der Waals surface area contributed by atoms with Crippen LogP contribution in [0.2, 0.25) is 0 Å². The molecule has 0 saturated heterocycles. The molecule has 0 spiro atoms. The van der Waals surface area contributed by atoms with Crippen molar-refractivity contribution >= 4 is 11.8 Å². The molecule has 0 radical (unpaired) electrons. The molecule has 3 N–H and O–H groups in total. The number of nitrogens with one attached hydrogen (secondary N) is 2. The Balaban J connectivity index is 1.74. The zero-order valence-corrected chi connectivity index (χ0v) is 18.2. The summed E-state index contributed by atoms with van der Waals surface area (Å²) in [6.07, 6.45) is 6.30. The van der Waals surface area contributed by atoms with Crippen LogP contribution in [-0.2, 0) is 22.4 Å². The van der Waals surface area contributed by atoms with Crippen LogP contribution in [0.15, 0.2) is 18.2 Å². The van der Waals surface area contributed by atoms with Gasteiger partial charge in [0, 0.05) is 6.54 Å². The molecular formula is C23H36N2O4. The lowest BCUT2D eigenvalue weighted by atomic mass is 9.92. The molecule has 0 fully saturated rings. The van der Waals surface area contributed by atoms with Crippen molar-refractivity contribution in [2.75, 3.05) is 13.1 Å². The van der Waals surface area contributed by atoms with E-state index in [1.54, 1.807) is 20.8 Å². The van der Waals surface area contributed by atoms with Gasteiger partial charge in [-0.1, -0.05) is 38.5 Å². The van der Waals surface area contributed by atoms with Gasteiger partial charge in [0.2, 0.25) is 11.8 Å². The number of ether oxygens (including phenoxy) is 1. The monoisotopic (exact) mass is 404 g/mol. The topological polar surface area (TPSA) is 87.7 Å². The van der Waals surface area contributed by atoms with E-state index in [2.05, 4.69) is 35.8 Å². The van der Waals surface area contributed by atoms with Gasteiger partial charge in [0.05, 0.1) is 24.2 Å². The van der Waals surface area contributed by atoms with Crippen molar-refractivity contribution < 1.29 is 19.4 Å².